The Bertz CT molecular complexity index is 392. The van der Waals surface area contributed by atoms with Gasteiger partial charge in [-0.05, 0) is 25.6 Å². The molecule has 0 spiro atoms. The van der Waals surface area contributed by atoms with Gasteiger partial charge in [0.1, 0.15) is 12.4 Å². The molecule has 1 rings (SSSR count). The number of methoxy groups -OCH3 is 1. The fraction of sp³-hybridized carbons (Fsp3) is 0.647. The molecule has 0 aliphatic carbocycles. The molecule has 120 valence electrons. The zero-order chi connectivity index (χ0) is 15.5. The molecule has 4 nitrogen and oxygen atoms in total. The van der Waals surface area contributed by atoms with Crippen molar-refractivity contribution in [1.82, 2.24) is 10.2 Å². The van der Waals surface area contributed by atoms with E-state index >= 15 is 0 Å². The second kappa shape index (κ2) is 10.6. The lowest BCUT2D eigenvalue weighted by Crippen LogP contribution is -2.28. The monoisotopic (exact) mass is 294 g/mol. The van der Waals surface area contributed by atoms with E-state index in [1.165, 1.54) is 11.1 Å². The number of rotatable bonds is 11. The summed E-state index contributed by atoms with van der Waals surface area (Å²) >= 11 is 0. The Labute approximate surface area is 129 Å². The molecule has 21 heavy (non-hydrogen) atoms. The van der Waals surface area contributed by atoms with Crippen molar-refractivity contribution in [3.8, 4) is 5.75 Å². The van der Waals surface area contributed by atoms with Gasteiger partial charge in [0.05, 0.1) is 6.61 Å². The molecule has 1 N–H and O–H groups in total. The molecule has 1 aromatic rings. The lowest BCUT2D eigenvalue weighted by atomic mass is 10.1. The second-order valence-corrected chi connectivity index (χ2v) is 5.11. The largest absolute Gasteiger partial charge is 0.492 e. The van der Waals surface area contributed by atoms with E-state index in [1.807, 2.05) is 0 Å². The minimum absolute atomic E-state index is 0.726. The summed E-state index contributed by atoms with van der Waals surface area (Å²) in [5.74, 6) is 1.02. The van der Waals surface area contributed by atoms with Gasteiger partial charge in [0.2, 0.25) is 0 Å². The summed E-state index contributed by atoms with van der Waals surface area (Å²) in [5.41, 5.74) is 2.41. The minimum Gasteiger partial charge on any atom is -0.492 e. The van der Waals surface area contributed by atoms with Gasteiger partial charge < -0.3 is 19.7 Å². The first-order valence-corrected chi connectivity index (χ1v) is 7.86. The van der Waals surface area contributed by atoms with Gasteiger partial charge in [-0.15, -0.1) is 0 Å². The Kier molecular flexibility index (Phi) is 9.06. The van der Waals surface area contributed by atoms with Crippen LogP contribution in [-0.2, 0) is 11.3 Å². The highest BCUT2D eigenvalue weighted by atomic mass is 16.5. The van der Waals surface area contributed by atoms with E-state index in [-0.39, 0.29) is 0 Å². The third-order valence-corrected chi connectivity index (χ3v) is 3.64. The molecule has 0 saturated heterocycles. The first-order chi connectivity index (χ1) is 10.2. The number of nitrogens with one attached hydrogen (secondary N) is 1. The van der Waals surface area contributed by atoms with E-state index in [0.717, 1.165) is 51.7 Å². The molecule has 0 aliphatic heterocycles. The predicted octanol–water partition coefficient (Wildman–Crippen LogP) is 2.45. The third-order valence-electron chi connectivity index (χ3n) is 3.64. The highest BCUT2D eigenvalue weighted by Crippen LogP contribution is 2.23. The second-order valence-electron chi connectivity index (χ2n) is 5.11. The van der Waals surface area contributed by atoms with Crippen LogP contribution < -0.4 is 10.1 Å². The molecule has 0 aliphatic rings. The SMILES string of the molecule is CCN(CC)CCOc1c(C)cccc1CNCCOC. The van der Waals surface area contributed by atoms with Crippen molar-refractivity contribution < 1.29 is 9.47 Å². The molecule has 0 radical (unpaired) electrons. The molecule has 0 aromatic heterocycles. The van der Waals surface area contributed by atoms with Gasteiger partial charge in [-0.1, -0.05) is 32.0 Å². The molecule has 0 fully saturated rings. The summed E-state index contributed by atoms with van der Waals surface area (Å²) in [7, 11) is 1.72. The zero-order valence-electron chi connectivity index (χ0n) is 13.9. The molecule has 1 aromatic carbocycles. The first kappa shape index (κ1) is 18.0. The maximum Gasteiger partial charge on any atom is 0.126 e. The molecule has 0 unspecified atom stereocenters. The van der Waals surface area contributed by atoms with Gasteiger partial charge in [0.25, 0.3) is 0 Å². The highest BCUT2D eigenvalue weighted by Gasteiger charge is 2.07. The molecule has 0 saturated carbocycles. The Balaban J connectivity index is 2.54. The van der Waals surface area contributed by atoms with E-state index in [4.69, 9.17) is 9.47 Å². The van der Waals surface area contributed by atoms with E-state index in [2.05, 4.69) is 49.2 Å². The van der Waals surface area contributed by atoms with Crippen LogP contribution in [0.25, 0.3) is 0 Å². The summed E-state index contributed by atoms with van der Waals surface area (Å²) in [6, 6.07) is 6.31. The molecule has 0 amide bonds. The van der Waals surface area contributed by atoms with Gasteiger partial charge in [-0.3, -0.25) is 0 Å². The van der Waals surface area contributed by atoms with Crippen molar-refractivity contribution in [2.24, 2.45) is 0 Å². The van der Waals surface area contributed by atoms with Gasteiger partial charge in [0.15, 0.2) is 0 Å². The normalized spacial score (nSPS) is 11.1. The molecule has 0 bridgehead atoms. The number of hydrogen-bond acceptors (Lipinski definition) is 4. The maximum absolute atomic E-state index is 6.05. The lowest BCUT2D eigenvalue weighted by Gasteiger charge is -2.20. The van der Waals surface area contributed by atoms with E-state index in [9.17, 15) is 0 Å². The summed E-state index contributed by atoms with van der Waals surface area (Å²) < 4.78 is 11.1. The van der Waals surface area contributed by atoms with Crippen LogP contribution in [-0.4, -0.2) is 51.4 Å². The fourth-order valence-corrected chi connectivity index (χ4v) is 2.27. The summed E-state index contributed by atoms with van der Waals surface area (Å²) in [6.45, 7) is 12.7. The minimum atomic E-state index is 0.726. The number of aryl methyl sites for hydroxylation is 1. The predicted molar refractivity (Wildman–Crippen MR) is 88.0 cm³/mol. The molecule has 0 atom stereocenters. The van der Waals surface area contributed by atoms with Crippen LogP contribution in [0.5, 0.6) is 5.75 Å². The number of nitrogens with zero attached hydrogens (tertiary/aromatic N) is 1. The topological polar surface area (TPSA) is 33.7 Å². The van der Waals surface area contributed by atoms with Crippen LogP contribution in [0.15, 0.2) is 18.2 Å². The van der Waals surface area contributed by atoms with Crippen LogP contribution in [0.1, 0.15) is 25.0 Å². The van der Waals surface area contributed by atoms with E-state index in [0.29, 0.717) is 0 Å². The average molecular weight is 294 g/mol. The van der Waals surface area contributed by atoms with Crippen LogP contribution in [0.4, 0.5) is 0 Å². The quantitative estimate of drug-likeness (QED) is 0.636. The van der Waals surface area contributed by atoms with Gasteiger partial charge in [0, 0.05) is 32.3 Å². The van der Waals surface area contributed by atoms with Crippen molar-refractivity contribution in [2.45, 2.75) is 27.3 Å². The van der Waals surface area contributed by atoms with Gasteiger partial charge in [-0.2, -0.15) is 0 Å². The van der Waals surface area contributed by atoms with E-state index < -0.39 is 0 Å². The number of benzene rings is 1. The molecular formula is C17H30N2O2. The Morgan fingerprint density at radius 1 is 1.14 bits per heavy atom. The first-order valence-electron chi connectivity index (χ1n) is 7.86. The zero-order valence-corrected chi connectivity index (χ0v) is 13.9. The molecule has 4 heteroatoms. The number of hydrogen-bond donors (Lipinski definition) is 1. The number of likely N-dealkylation sites (N-methyl/N-ethyl adjacent to an activating group) is 1. The Morgan fingerprint density at radius 2 is 1.90 bits per heavy atom. The van der Waals surface area contributed by atoms with Crippen LogP contribution >= 0.6 is 0 Å². The Hall–Kier alpha value is -1.10. The number of ether oxygens (including phenoxy) is 2. The van der Waals surface area contributed by atoms with Crippen molar-refractivity contribution in [2.75, 3.05) is 46.5 Å². The molecule has 0 heterocycles. The van der Waals surface area contributed by atoms with Crippen molar-refractivity contribution >= 4 is 0 Å². The fourth-order valence-electron chi connectivity index (χ4n) is 2.27. The average Bonchev–Trinajstić information content (AvgIpc) is 2.50. The Morgan fingerprint density at radius 3 is 2.57 bits per heavy atom. The summed E-state index contributed by atoms with van der Waals surface area (Å²) in [5, 5.41) is 3.38. The van der Waals surface area contributed by atoms with Crippen LogP contribution in [0.2, 0.25) is 0 Å². The van der Waals surface area contributed by atoms with Crippen molar-refractivity contribution in [1.29, 1.82) is 0 Å². The van der Waals surface area contributed by atoms with Gasteiger partial charge in [-0.25, -0.2) is 0 Å². The summed E-state index contributed by atoms with van der Waals surface area (Å²) in [6.07, 6.45) is 0. The van der Waals surface area contributed by atoms with Crippen molar-refractivity contribution in [3.63, 3.8) is 0 Å². The summed E-state index contributed by atoms with van der Waals surface area (Å²) in [4.78, 5) is 2.37. The van der Waals surface area contributed by atoms with Crippen molar-refractivity contribution in [3.05, 3.63) is 29.3 Å². The highest BCUT2D eigenvalue weighted by molar-refractivity contribution is 5.40. The van der Waals surface area contributed by atoms with E-state index in [1.54, 1.807) is 7.11 Å². The number of para-hydroxylation sites is 1. The van der Waals surface area contributed by atoms with Crippen LogP contribution in [0, 0.1) is 6.92 Å². The smallest absolute Gasteiger partial charge is 0.126 e. The molecular weight excluding hydrogens is 264 g/mol. The van der Waals surface area contributed by atoms with Gasteiger partial charge >= 0.3 is 0 Å². The third kappa shape index (κ3) is 6.46. The van der Waals surface area contributed by atoms with Crippen LogP contribution in [0.3, 0.4) is 0 Å². The standard InChI is InChI=1S/C17H30N2O2/c1-5-19(6-2)11-13-21-17-15(3)8-7-9-16(17)14-18-10-12-20-4/h7-9,18H,5-6,10-14H2,1-4H3. The lowest BCUT2D eigenvalue weighted by molar-refractivity contribution is 0.198. The maximum atomic E-state index is 6.05.